The average molecular weight is 231 g/mol. The average Bonchev–Trinajstić information content (AvgIpc) is 2.33. The fraction of sp³-hybridized carbons (Fsp3) is 0. The number of phenolic OH excluding ortho intramolecular Hbond substituents is 1. The molecule has 1 aromatic carbocycles. The molecule has 6 nitrogen and oxygen atoms in total. The number of hydrogen-bond donors (Lipinski definition) is 3. The van der Waals surface area contributed by atoms with E-state index in [0.29, 0.717) is 11.5 Å². The Morgan fingerprint density at radius 1 is 1.18 bits per heavy atom. The number of aromatic hydroxyl groups is 1. The first-order valence-electron chi connectivity index (χ1n) is 4.77. The summed E-state index contributed by atoms with van der Waals surface area (Å²) in [5.74, 6) is -0.695. The molecule has 2 rings (SSSR count). The van der Waals surface area contributed by atoms with Gasteiger partial charge in [0.1, 0.15) is 11.6 Å². The first-order chi connectivity index (χ1) is 8.16. The highest BCUT2D eigenvalue weighted by Crippen LogP contribution is 2.24. The highest BCUT2D eigenvalue weighted by molar-refractivity contribution is 5.85. The third-order valence-corrected chi connectivity index (χ3v) is 2.04. The van der Waals surface area contributed by atoms with Crippen LogP contribution in [-0.4, -0.2) is 26.2 Å². The molecule has 0 saturated heterocycles. The predicted octanol–water partition coefficient (Wildman–Crippen LogP) is 1.62. The van der Waals surface area contributed by atoms with Gasteiger partial charge >= 0.3 is 5.97 Å². The molecule has 6 heteroatoms. The summed E-state index contributed by atoms with van der Waals surface area (Å²) in [6, 6.07) is 6.64. The summed E-state index contributed by atoms with van der Waals surface area (Å²) >= 11 is 0. The van der Waals surface area contributed by atoms with Crippen LogP contribution in [0.15, 0.2) is 36.7 Å². The molecule has 1 heterocycles. The minimum atomic E-state index is -1.13. The summed E-state index contributed by atoms with van der Waals surface area (Å²) < 4.78 is 0. The van der Waals surface area contributed by atoms with Crippen LogP contribution in [0.3, 0.4) is 0 Å². The number of aromatic nitrogens is 2. The summed E-state index contributed by atoms with van der Waals surface area (Å²) in [5, 5.41) is 21.0. The number of aromatic carboxylic acids is 1. The smallest absolute Gasteiger partial charge is 0.356 e. The number of carboxylic acid groups (broad SMARTS) is 1. The summed E-state index contributed by atoms with van der Waals surface area (Å²) in [6.45, 7) is 0. The monoisotopic (exact) mass is 231 g/mol. The van der Waals surface area contributed by atoms with Crippen LogP contribution in [0, 0.1) is 0 Å². The minimum Gasteiger partial charge on any atom is -0.506 e. The summed E-state index contributed by atoms with van der Waals surface area (Å²) in [5.41, 5.74) is 0.345. The highest BCUT2D eigenvalue weighted by Gasteiger charge is 2.05. The zero-order chi connectivity index (χ0) is 12.3. The van der Waals surface area contributed by atoms with Gasteiger partial charge in [0, 0.05) is 0 Å². The molecule has 0 spiro atoms. The quantitative estimate of drug-likeness (QED) is 0.695. The van der Waals surface area contributed by atoms with Crippen molar-refractivity contribution in [2.45, 2.75) is 0 Å². The van der Waals surface area contributed by atoms with E-state index in [0.717, 1.165) is 6.20 Å². The molecule has 1 aromatic heterocycles. The van der Waals surface area contributed by atoms with Gasteiger partial charge in [0.25, 0.3) is 0 Å². The molecule has 2 aromatic rings. The Morgan fingerprint density at radius 2 is 1.94 bits per heavy atom. The second-order valence-electron chi connectivity index (χ2n) is 3.23. The van der Waals surface area contributed by atoms with Crippen LogP contribution in [0.2, 0.25) is 0 Å². The largest absolute Gasteiger partial charge is 0.506 e. The van der Waals surface area contributed by atoms with E-state index in [2.05, 4.69) is 15.3 Å². The fourth-order valence-corrected chi connectivity index (χ4v) is 1.22. The lowest BCUT2D eigenvalue weighted by Crippen LogP contribution is -2.02. The highest BCUT2D eigenvalue weighted by atomic mass is 16.4. The van der Waals surface area contributed by atoms with Crippen LogP contribution < -0.4 is 5.32 Å². The standard InChI is InChI=1S/C11H9N3O3/c15-9-4-2-1-3-7(9)14-10-6-12-8(5-13-10)11(16)17/h1-6,15H,(H,13,14)(H,16,17). The first-order valence-corrected chi connectivity index (χ1v) is 4.77. The minimum absolute atomic E-state index is 0.0802. The molecule has 0 radical (unpaired) electrons. The third kappa shape index (κ3) is 2.49. The van der Waals surface area contributed by atoms with Gasteiger partial charge in [0.05, 0.1) is 18.1 Å². The van der Waals surface area contributed by atoms with E-state index < -0.39 is 5.97 Å². The Kier molecular flexibility index (Phi) is 2.87. The van der Waals surface area contributed by atoms with Gasteiger partial charge in [-0.05, 0) is 12.1 Å². The number of nitrogens with one attached hydrogen (secondary N) is 1. The van der Waals surface area contributed by atoms with Crippen LogP contribution in [0.1, 0.15) is 10.5 Å². The van der Waals surface area contributed by atoms with Crippen molar-refractivity contribution in [1.82, 2.24) is 9.97 Å². The summed E-state index contributed by atoms with van der Waals surface area (Å²) in [7, 11) is 0. The molecule has 3 N–H and O–H groups in total. The topological polar surface area (TPSA) is 95.3 Å². The number of anilines is 2. The Labute approximate surface area is 96.6 Å². The van der Waals surface area contributed by atoms with Crippen LogP contribution in [0.5, 0.6) is 5.75 Å². The number of benzene rings is 1. The Morgan fingerprint density at radius 3 is 2.53 bits per heavy atom. The van der Waals surface area contributed by atoms with Gasteiger partial charge in [0.15, 0.2) is 5.69 Å². The van der Waals surface area contributed by atoms with Crippen LogP contribution in [0.4, 0.5) is 11.5 Å². The van der Waals surface area contributed by atoms with Crippen molar-refractivity contribution >= 4 is 17.5 Å². The molecule has 0 bridgehead atoms. The summed E-state index contributed by atoms with van der Waals surface area (Å²) in [6.07, 6.45) is 2.43. The molecule has 0 amide bonds. The number of hydrogen-bond acceptors (Lipinski definition) is 5. The molecule has 0 atom stereocenters. The van der Waals surface area contributed by atoms with Crippen molar-refractivity contribution in [1.29, 1.82) is 0 Å². The maximum Gasteiger partial charge on any atom is 0.356 e. The lowest BCUT2D eigenvalue weighted by atomic mass is 10.3. The predicted molar refractivity (Wildman–Crippen MR) is 60.4 cm³/mol. The van der Waals surface area contributed by atoms with Crippen LogP contribution in [0.25, 0.3) is 0 Å². The van der Waals surface area contributed by atoms with Crippen LogP contribution >= 0.6 is 0 Å². The zero-order valence-corrected chi connectivity index (χ0v) is 8.66. The van der Waals surface area contributed by atoms with Crippen molar-refractivity contribution in [3.63, 3.8) is 0 Å². The Balaban J connectivity index is 2.20. The van der Waals surface area contributed by atoms with Gasteiger partial charge in [-0.25, -0.2) is 14.8 Å². The lowest BCUT2D eigenvalue weighted by Gasteiger charge is -2.06. The molecule has 17 heavy (non-hydrogen) atoms. The van der Waals surface area contributed by atoms with Crippen molar-refractivity contribution < 1.29 is 15.0 Å². The van der Waals surface area contributed by atoms with Gasteiger partial charge < -0.3 is 15.5 Å². The summed E-state index contributed by atoms with van der Waals surface area (Å²) in [4.78, 5) is 18.1. The van der Waals surface area contributed by atoms with Gasteiger partial charge in [-0.1, -0.05) is 12.1 Å². The van der Waals surface area contributed by atoms with Gasteiger partial charge in [-0.2, -0.15) is 0 Å². The van der Waals surface area contributed by atoms with Gasteiger partial charge in [-0.3, -0.25) is 0 Å². The number of rotatable bonds is 3. The lowest BCUT2D eigenvalue weighted by molar-refractivity contribution is 0.0690. The SMILES string of the molecule is O=C(O)c1cnc(Nc2ccccc2O)cn1. The van der Waals surface area contributed by atoms with Crippen molar-refractivity contribution in [2.75, 3.05) is 5.32 Å². The number of phenols is 1. The van der Waals surface area contributed by atoms with Crippen molar-refractivity contribution in [2.24, 2.45) is 0 Å². The number of nitrogens with zero attached hydrogens (tertiary/aromatic N) is 2. The van der Waals surface area contributed by atoms with E-state index in [4.69, 9.17) is 5.11 Å². The number of para-hydroxylation sites is 2. The first kappa shape index (κ1) is 10.9. The normalized spacial score (nSPS) is 9.88. The molecule has 0 unspecified atom stereocenters. The number of carboxylic acids is 1. The van der Waals surface area contributed by atoms with E-state index in [1.54, 1.807) is 18.2 Å². The molecular weight excluding hydrogens is 222 g/mol. The molecule has 0 aliphatic carbocycles. The number of carbonyl (C=O) groups is 1. The van der Waals surface area contributed by atoms with E-state index in [1.807, 2.05) is 0 Å². The Hall–Kier alpha value is -2.63. The van der Waals surface area contributed by atoms with E-state index >= 15 is 0 Å². The van der Waals surface area contributed by atoms with Crippen molar-refractivity contribution in [3.8, 4) is 5.75 Å². The van der Waals surface area contributed by atoms with Crippen LogP contribution in [-0.2, 0) is 0 Å². The maximum absolute atomic E-state index is 10.6. The van der Waals surface area contributed by atoms with Crippen molar-refractivity contribution in [3.05, 3.63) is 42.4 Å². The molecular formula is C11H9N3O3. The van der Waals surface area contributed by atoms with E-state index in [-0.39, 0.29) is 11.4 Å². The molecule has 0 fully saturated rings. The van der Waals surface area contributed by atoms with E-state index in [9.17, 15) is 9.90 Å². The van der Waals surface area contributed by atoms with E-state index in [1.165, 1.54) is 12.3 Å². The third-order valence-electron chi connectivity index (χ3n) is 2.04. The second-order valence-corrected chi connectivity index (χ2v) is 3.23. The molecule has 0 aliphatic rings. The second kappa shape index (κ2) is 4.48. The zero-order valence-electron chi connectivity index (χ0n) is 8.66. The van der Waals surface area contributed by atoms with Gasteiger partial charge in [-0.15, -0.1) is 0 Å². The molecule has 0 aliphatic heterocycles. The molecule has 0 saturated carbocycles. The molecule has 86 valence electrons. The Bertz CT molecular complexity index is 540. The van der Waals surface area contributed by atoms with Gasteiger partial charge in [0.2, 0.25) is 0 Å². The maximum atomic E-state index is 10.6. The fourth-order valence-electron chi connectivity index (χ4n) is 1.22.